The molecule has 0 aliphatic rings. The molecule has 0 fully saturated rings. The van der Waals surface area contributed by atoms with E-state index < -0.39 is 0 Å². The van der Waals surface area contributed by atoms with Crippen molar-refractivity contribution in [1.82, 2.24) is 5.43 Å². The maximum absolute atomic E-state index is 6.23. The highest BCUT2D eigenvalue weighted by molar-refractivity contribution is 6.31. The Morgan fingerprint density at radius 2 is 1.86 bits per heavy atom. The highest BCUT2D eigenvalue weighted by Gasteiger charge is 2.16. The zero-order valence-corrected chi connectivity index (χ0v) is 13.6. The minimum Gasteiger partial charge on any atom is -0.271 e. The van der Waals surface area contributed by atoms with Gasteiger partial charge in [0.1, 0.15) is 0 Å². The van der Waals surface area contributed by atoms with Crippen molar-refractivity contribution < 1.29 is 0 Å². The number of hydrazine groups is 1. The Bertz CT molecular complexity index is 608. The molecule has 0 bridgehead atoms. The number of rotatable bonds is 5. The van der Waals surface area contributed by atoms with Crippen molar-refractivity contribution in [2.45, 2.75) is 33.2 Å². The van der Waals surface area contributed by atoms with Crippen molar-refractivity contribution in [2.24, 2.45) is 11.8 Å². The van der Waals surface area contributed by atoms with Gasteiger partial charge in [-0.2, -0.15) is 0 Å². The van der Waals surface area contributed by atoms with Gasteiger partial charge in [0, 0.05) is 5.02 Å². The molecule has 0 heterocycles. The number of hydrogen-bond acceptors (Lipinski definition) is 2. The number of hydrogen-bond donors (Lipinski definition) is 2. The van der Waals surface area contributed by atoms with Crippen molar-refractivity contribution in [2.75, 3.05) is 0 Å². The molecule has 1 unspecified atom stereocenters. The Labute approximate surface area is 132 Å². The molecule has 3 heteroatoms. The van der Waals surface area contributed by atoms with E-state index in [-0.39, 0.29) is 6.04 Å². The quantitative estimate of drug-likeness (QED) is 0.634. The molecule has 2 rings (SSSR count). The summed E-state index contributed by atoms with van der Waals surface area (Å²) in [5.74, 6) is 6.45. The van der Waals surface area contributed by atoms with Gasteiger partial charge in [-0.15, -0.1) is 0 Å². The molecule has 0 saturated heterocycles. The first-order valence-corrected chi connectivity index (χ1v) is 7.70. The van der Waals surface area contributed by atoms with Gasteiger partial charge in [0.2, 0.25) is 0 Å². The highest BCUT2D eigenvalue weighted by atomic mass is 35.5. The monoisotopic (exact) mass is 302 g/mol. The van der Waals surface area contributed by atoms with Gasteiger partial charge in [-0.1, -0.05) is 61.8 Å². The second kappa shape index (κ2) is 7.08. The van der Waals surface area contributed by atoms with E-state index in [9.17, 15) is 0 Å². The first-order chi connectivity index (χ1) is 10.0. The first-order valence-electron chi connectivity index (χ1n) is 7.33. The van der Waals surface area contributed by atoms with Gasteiger partial charge in [-0.05, 0) is 47.6 Å². The van der Waals surface area contributed by atoms with Crippen molar-refractivity contribution in [1.29, 1.82) is 0 Å². The number of nitrogens with two attached hydrogens (primary N) is 1. The summed E-state index contributed by atoms with van der Waals surface area (Å²) in [6.07, 6.45) is 1.07. The van der Waals surface area contributed by atoms with E-state index in [1.165, 1.54) is 11.1 Å². The van der Waals surface area contributed by atoms with Crippen LogP contribution in [0.25, 0.3) is 0 Å². The van der Waals surface area contributed by atoms with Crippen molar-refractivity contribution in [3.8, 4) is 0 Å². The molecule has 2 aromatic carbocycles. The van der Waals surface area contributed by atoms with E-state index in [2.05, 4.69) is 49.6 Å². The third-order valence-corrected chi connectivity index (χ3v) is 4.13. The van der Waals surface area contributed by atoms with E-state index >= 15 is 0 Å². The molecule has 0 saturated carbocycles. The zero-order chi connectivity index (χ0) is 15.4. The minimum atomic E-state index is -0.0455. The molecule has 3 N–H and O–H groups in total. The molecule has 0 spiro atoms. The second-order valence-electron chi connectivity index (χ2n) is 5.90. The summed E-state index contributed by atoms with van der Waals surface area (Å²) < 4.78 is 0. The van der Waals surface area contributed by atoms with Crippen LogP contribution in [0, 0.1) is 12.8 Å². The Kier molecular flexibility index (Phi) is 5.40. The molecule has 21 heavy (non-hydrogen) atoms. The number of benzene rings is 2. The molecule has 112 valence electrons. The lowest BCUT2D eigenvalue weighted by Gasteiger charge is -2.20. The molecule has 0 aliphatic heterocycles. The lowest BCUT2D eigenvalue weighted by atomic mass is 9.93. The SMILES string of the molecule is Cc1c(Cl)cccc1C(NN)c1cccc(CC(C)C)c1. The van der Waals surface area contributed by atoms with Gasteiger partial charge in [-0.3, -0.25) is 5.84 Å². The van der Waals surface area contributed by atoms with Crippen LogP contribution in [0.4, 0.5) is 0 Å². The van der Waals surface area contributed by atoms with Gasteiger partial charge in [0.15, 0.2) is 0 Å². The Morgan fingerprint density at radius 1 is 1.14 bits per heavy atom. The summed E-state index contributed by atoms with van der Waals surface area (Å²) in [6, 6.07) is 14.5. The largest absolute Gasteiger partial charge is 0.271 e. The van der Waals surface area contributed by atoms with Crippen LogP contribution >= 0.6 is 11.6 Å². The van der Waals surface area contributed by atoms with E-state index in [1.54, 1.807) is 0 Å². The van der Waals surface area contributed by atoms with Gasteiger partial charge in [0.05, 0.1) is 6.04 Å². The summed E-state index contributed by atoms with van der Waals surface area (Å²) in [5.41, 5.74) is 7.61. The van der Waals surface area contributed by atoms with Crippen molar-refractivity contribution in [3.05, 3.63) is 69.7 Å². The van der Waals surface area contributed by atoms with Crippen molar-refractivity contribution >= 4 is 11.6 Å². The van der Waals surface area contributed by atoms with E-state index in [0.29, 0.717) is 5.92 Å². The molecule has 2 nitrogen and oxygen atoms in total. The van der Waals surface area contributed by atoms with Crippen LogP contribution in [0.3, 0.4) is 0 Å². The average Bonchev–Trinajstić information content (AvgIpc) is 2.44. The minimum absolute atomic E-state index is 0.0455. The summed E-state index contributed by atoms with van der Waals surface area (Å²) in [7, 11) is 0. The standard InChI is InChI=1S/C18H23ClN2/c1-12(2)10-14-6-4-7-15(11-14)18(21-20)16-8-5-9-17(19)13(16)3/h4-9,11-12,18,21H,10,20H2,1-3H3. The molecule has 0 radical (unpaired) electrons. The van der Waals surface area contributed by atoms with E-state index in [4.69, 9.17) is 17.4 Å². The molecule has 2 aromatic rings. The fourth-order valence-electron chi connectivity index (χ4n) is 2.67. The number of halogens is 1. The maximum atomic E-state index is 6.23. The smallest absolute Gasteiger partial charge is 0.0713 e. The highest BCUT2D eigenvalue weighted by Crippen LogP contribution is 2.29. The fourth-order valence-corrected chi connectivity index (χ4v) is 2.86. The predicted molar refractivity (Wildman–Crippen MR) is 90.3 cm³/mol. The van der Waals surface area contributed by atoms with Crippen LogP contribution in [0.2, 0.25) is 5.02 Å². The van der Waals surface area contributed by atoms with E-state index in [0.717, 1.165) is 22.6 Å². The lowest BCUT2D eigenvalue weighted by molar-refractivity contribution is 0.625. The van der Waals surface area contributed by atoms with Crippen LogP contribution in [0.15, 0.2) is 42.5 Å². The lowest BCUT2D eigenvalue weighted by Crippen LogP contribution is -2.29. The third kappa shape index (κ3) is 3.85. The van der Waals surface area contributed by atoms with Gasteiger partial charge in [-0.25, -0.2) is 5.43 Å². The van der Waals surface area contributed by atoms with Gasteiger partial charge >= 0.3 is 0 Å². The Morgan fingerprint density at radius 3 is 2.52 bits per heavy atom. The Balaban J connectivity index is 2.39. The summed E-state index contributed by atoms with van der Waals surface area (Å²) >= 11 is 6.23. The molecular formula is C18H23ClN2. The Hall–Kier alpha value is -1.35. The summed E-state index contributed by atoms with van der Waals surface area (Å²) in [4.78, 5) is 0. The zero-order valence-electron chi connectivity index (χ0n) is 12.9. The molecule has 0 aliphatic carbocycles. The normalized spacial score (nSPS) is 12.7. The number of nitrogens with one attached hydrogen (secondary N) is 1. The molecule has 1 atom stereocenters. The third-order valence-electron chi connectivity index (χ3n) is 3.72. The first kappa shape index (κ1) is 16.0. The second-order valence-corrected chi connectivity index (χ2v) is 6.30. The van der Waals surface area contributed by atoms with E-state index in [1.807, 2.05) is 19.1 Å². The maximum Gasteiger partial charge on any atom is 0.0713 e. The van der Waals surface area contributed by atoms with Crippen LogP contribution in [-0.2, 0) is 6.42 Å². The van der Waals surface area contributed by atoms with Crippen LogP contribution < -0.4 is 11.3 Å². The topological polar surface area (TPSA) is 38.0 Å². The van der Waals surface area contributed by atoms with Crippen molar-refractivity contribution in [3.63, 3.8) is 0 Å². The van der Waals surface area contributed by atoms with Crippen LogP contribution in [0.1, 0.15) is 42.1 Å². The van der Waals surface area contributed by atoms with Crippen LogP contribution in [-0.4, -0.2) is 0 Å². The predicted octanol–water partition coefficient (Wildman–Crippen LogP) is 4.40. The summed E-state index contributed by atoms with van der Waals surface area (Å²) in [6.45, 7) is 6.49. The molecule has 0 aromatic heterocycles. The molecule has 0 amide bonds. The summed E-state index contributed by atoms with van der Waals surface area (Å²) in [5, 5.41) is 0.770. The fraction of sp³-hybridized carbons (Fsp3) is 0.333. The average molecular weight is 303 g/mol. The van der Waals surface area contributed by atoms with Crippen LogP contribution in [0.5, 0.6) is 0 Å². The van der Waals surface area contributed by atoms with Gasteiger partial charge in [0.25, 0.3) is 0 Å². The van der Waals surface area contributed by atoms with Gasteiger partial charge < -0.3 is 0 Å². The molecular weight excluding hydrogens is 280 g/mol.